The van der Waals surface area contributed by atoms with Crippen LogP contribution >= 0.6 is 0 Å². The van der Waals surface area contributed by atoms with Gasteiger partial charge >= 0.3 is 0 Å². The first kappa shape index (κ1) is 11.4. The summed E-state index contributed by atoms with van der Waals surface area (Å²) in [6.45, 7) is 4.19. The fourth-order valence-corrected chi connectivity index (χ4v) is 1.57. The summed E-state index contributed by atoms with van der Waals surface area (Å²) >= 11 is 0. The Bertz CT molecular complexity index is 532. The van der Waals surface area contributed by atoms with Gasteiger partial charge < -0.3 is 10.3 Å². The Morgan fingerprint density at radius 2 is 2.18 bits per heavy atom. The Labute approximate surface area is 99.8 Å². The topological polar surface area (TPSA) is 57.8 Å². The Hall–Kier alpha value is -2.10. The SMILES string of the molecule is CC(C)=CC(=O)NCc1nc2ccccc2[nH]1. The molecule has 1 amide bonds. The van der Waals surface area contributed by atoms with Crippen LogP contribution < -0.4 is 5.32 Å². The Morgan fingerprint density at radius 3 is 2.88 bits per heavy atom. The Balaban J connectivity index is 2.04. The van der Waals surface area contributed by atoms with Crippen LogP contribution in [0, 0.1) is 0 Å². The molecule has 0 atom stereocenters. The van der Waals surface area contributed by atoms with Crippen molar-refractivity contribution < 1.29 is 4.79 Å². The molecule has 2 aromatic rings. The molecule has 17 heavy (non-hydrogen) atoms. The highest BCUT2D eigenvalue weighted by Gasteiger charge is 2.02. The van der Waals surface area contributed by atoms with Crippen LogP contribution in [0.1, 0.15) is 19.7 Å². The molecule has 1 heterocycles. The van der Waals surface area contributed by atoms with Crippen molar-refractivity contribution in [3.05, 3.63) is 41.7 Å². The first-order valence-electron chi connectivity index (χ1n) is 5.51. The number of aromatic amines is 1. The summed E-state index contributed by atoms with van der Waals surface area (Å²) in [7, 11) is 0. The molecule has 0 spiro atoms. The maximum atomic E-state index is 11.4. The zero-order valence-electron chi connectivity index (χ0n) is 9.95. The van der Waals surface area contributed by atoms with Crippen molar-refractivity contribution in [3.8, 4) is 0 Å². The summed E-state index contributed by atoms with van der Waals surface area (Å²) in [5.41, 5.74) is 2.88. The van der Waals surface area contributed by atoms with E-state index in [2.05, 4.69) is 15.3 Å². The van der Waals surface area contributed by atoms with Crippen molar-refractivity contribution in [3.63, 3.8) is 0 Å². The molecule has 4 heteroatoms. The molecule has 0 aliphatic heterocycles. The third kappa shape index (κ3) is 2.93. The van der Waals surface area contributed by atoms with Gasteiger partial charge in [0.25, 0.3) is 0 Å². The smallest absolute Gasteiger partial charge is 0.244 e. The van der Waals surface area contributed by atoms with Crippen molar-refractivity contribution in [1.29, 1.82) is 0 Å². The Morgan fingerprint density at radius 1 is 1.41 bits per heavy atom. The lowest BCUT2D eigenvalue weighted by atomic mass is 10.3. The molecule has 1 aromatic carbocycles. The fraction of sp³-hybridized carbons (Fsp3) is 0.231. The number of imidazole rings is 1. The van der Waals surface area contributed by atoms with Crippen molar-refractivity contribution >= 4 is 16.9 Å². The van der Waals surface area contributed by atoms with Crippen molar-refractivity contribution in [1.82, 2.24) is 15.3 Å². The summed E-state index contributed by atoms with van der Waals surface area (Å²) in [4.78, 5) is 18.9. The van der Waals surface area contributed by atoms with Gasteiger partial charge in [-0.2, -0.15) is 0 Å². The normalized spacial score (nSPS) is 10.2. The zero-order valence-corrected chi connectivity index (χ0v) is 9.95. The number of aromatic nitrogens is 2. The second-order valence-electron chi connectivity index (χ2n) is 4.14. The zero-order chi connectivity index (χ0) is 12.3. The molecule has 0 aliphatic carbocycles. The summed E-state index contributed by atoms with van der Waals surface area (Å²) in [6.07, 6.45) is 1.57. The molecule has 88 valence electrons. The minimum atomic E-state index is -0.0922. The number of carbonyl (C=O) groups excluding carboxylic acids is 1. The van der Waals surface area contributed by atoms with E-state index in [0.717, 1.165) is 22.4 Å². The average Bonchev–Trinajstić information content (AvgIpc) is 2.68. The number of para-hydroxylation sites is 2. The predicted molar refractivity (Wildman–Crippen MR) is 67.4 cm³/mol. The van der Waals surface area contributed by atoms with E-state index in [1.54, 1.807) is 6.08 Å². The van der Waals surface area contributed by atoms with Crippen LogP contribution in [-0.2, 0) is 11.3 Å². The lowest BCUT2D eigenvalue weighted by molar-refractivity contribution is -0.116. The summed E-state index contributed by atoms with van der Waals surface area (Å²) in [6, 6.07) is 7.79. The molecule has 4 nitrogen and oxygen atoms in total. The second-order valence-corrected chi connectivity index (χ2v) is 4.14. The second kappa shape index (κ2) is 4.82. The molecule has 0 unspecified atom stereocenters. The molecule has 0 saturated carbocycles. The minimum absolute atomic E-state index is 0.0922. The number of amides is 1. The molecule has 2 N–H and O–H groups in total. The number of carbonyl (C=O) groups is 1. The quantitative estimate of drug-likeness (QED) is 0.792. The highest BCUT2D eigenvalue weighted by Crippen LogP contribution is 2.09. The van der Waals surface area contributed by atoms with E-state index in [-0.39, 0.29) is 5.91 Å². The fourth-order valence-electron chi connectivity index (χ4n) is 1.57. The van der Waals surface area contributed by atoms with Gasteiger partial charge in [-0.05, 0) is 26.0 Å². The van der Waals surface area contributed by atoms with Gasteiger partial charge in [0.1, 0.15) is 5.82 Å². The summed E-state index contributed by atoms with van der Waals surface area (Å²) in [5, 5.41) is 2.78. The summed E-state index contributed by atoms with van der Waals surface area (Å²) < 4.78 is 0. The van der Waals surface area contributed by atoms with Crippen molar-refractivity contribution in [2.75, 3.05) is 0 Å². The van der Waals surface area contributed by atoms with Gasteiger partial charge in [-0.3, -0.25) is 4.79 Å². The lowest BCUT2D eigenvalue weighted by Gasteiger charge is -1.98. The largest absolute Gasteiger partial charge is 0.345 e. The maximum Gasteiger partial charge on any atom is 0.244 e. The van der Waals surface area contributed by atoms with Crippen LogP contribution in [0.25, 0.3) is 11.0 Å². The van der Waals surface area contributed by atoms with E-state index in [4.69, 9.17) is 0 Å². The van der Waals surface area contributed by atoms with Gasteiger partial charge in [-0.15, -0.1) is 0 Å². The number of nitrogens with one attached hydrogen (secondary N) is 2. The number of nitrogens with zero attached hydrogens (tertiary/aromatic N) is 1. The highest BCUT2D eigenvalue weighted by atomic mass is 16.1. The molecule has 0 radical (unpaired) electrons. The van der Waals surface area contributed by atoms with Gasteiger partial charge in [0.05, 0.1) is 17.6 Å². The molecular weight excluding hydrogens is 214 g/mol. The number of H-pyrrole nitrogens is 1. The van der Waals surface area contributed by atoms with Gasteiger partial charge in [-0.25, -0.2) is 4.98 Å². The number of allylic oxidation sites excluding steroid dienone is 1. The van der Waals surface area contributed by atoms with Crippen molar-refractivity contribution in [2.24, 2.45) is 0 Å². The third-order valence-electron chi connectivity index (χ3n) is 2.29. The standard InChI is InChI=1S/C13H15N3O/c1-9(2)7-13(17)14-8-12-15-10-5-3-4-6-11(10)16-12/h3-7H,8H2,1-2H3,(H,14,17)(H,15,16). The van der Waals surface area contributed by atoms with E-state index in [0.29, 0.717) is 6.54 Å². The number of fused-ring (bicyclic) bond motifs is 1. The number of hydrogen-bond donors (Lipinski definition) is 2. The average molecular weight is 229 g/mol. The van der Waals surface area contributed by atoms with Gasteiger partial charge in [-0.1, -0.05) is 17.7 Å². The van der Waals surface area contributed by atoms with Crippen LogP contribution in [0.4, 0.5) is 0 Å². The maximum absolute atomic E-state index is 11.4. The van der Waals surface area contributed by atoms with Crippen LogP contribution in [-0.4, -0.2) is 15.9 Å². The van der Waals surface area contributed by atoms with Crippen LogP contribution in [0.15, 0.2) is 35.9 Å². The molecule has 0 bridgehead atoms. The molecule has 2 rings (SSSR count). The van der Waals surface area contributed by atoms with Gasteiger partial charge in [0, 0.05) is 6.08 Å². The lowest BCUT2D eigenvalue weighted by Crippen LogP contribution is -2.21. The highest BCUT2D eigenvalue weighted by molar-refractivity contribution is 5.88. The van der Waals surface area contributed by atoms with E-state index in [9.17, 15) is 4.79 Å². The number of benzene rings is 1. The number of rotatable bonds is 3. The minimum Gasteiger partial charge on any atom is -0.345 e. The van der Waals surface area contributed by atoms with Gasteiger partial charge in [0.2, 0.25) is 5.91 Å². The molecule has 0 aliphatic rings. The first-order valence-corrected chi connectivity index (χ1v) is 5.51. The van der Waals surface area contributed by atoms with E-state index in [1.807, 2.05) is 38.1 Å². The first-order chi connectivity index (χ1) is 8.15. The van der Waals surface area contributed by atoms with Crippen LogP contribution in [0.5, 0.6) is 0 Å². The van der Waals surface area contributed by atoms with Crippen LogP contribution in [0.2, 0.25) is 0 Å². The molecule has 1 aromatic heterocycles. The summed E-state index contributed by atoms with van der Waals surface area (Å²) in [5.74, 6) is 0.673. The molecule has 0 saturated heterocycles. The van der Waals surface area contributed by atoms with Crippen molar-refractivity contribution in [2.45, 2.75) is 20.4 Å². The number of hydrogen-bond acceptors (Lipinski definition) is 2. The molecule has 0 fully saturated rings. The van der Waals surface area contributed by atoms with E-state index < -0.39 is 0 Å². The van der Waals surface area contributed by atoms with Gasteiger partial charge in [0.15, 0.2) is 0 Å². The third-order valence-corrected chi connectivity index (χ3v) is 2.29. The predicted octanol–water partition coefficient (Wildman–Crippen LogP) is 2.15. The Kier molecular flexibility index (Phi) is 3.23. The van der Waals surface area contributed by atoms with E-state index in [1.165, 1.54) is 0 Å². The van der Waals surface area contributed by atoms with E-state index >= 15 is 0 Å². The molecular formula is C13H15N3O. The van der Waals surface area contributed by atoms with Crippen LogP contribution in [0.3, 0.4) is 0 Å². The monoisotopic (exact) mass is 229 g/mol.